The molecule has 0 unspecified atom stereocenters. The molecule has 0 spiro atoms. The van der Waals surface area contributed by atoms with E-state index in [4.69, 9.17) is 21.1 Å². The number of carbonyl (C=O) groups is 2. The van der Waals surface area contributed by atoms with Crippen molar-refractivity contribution >= 4 is 11.8 Å². The summed E-state index contributed by atoms with van der Waals surface area (Å²) in [6.07, 6.45) is 2.57. The van der Waals surface area contributed by atoms with E-state index in [0.29, 0.717) is 17.7 Å². The first-order chi connectivity index (χ1) is 8.75. The third kappa shape index (κ3) is 9.40. The highest BCUT2D eigenvalue weighted by Gasteiger charge is 2.29. The molecule has 0 bridgehead atoms. The predicted molar refractivity (Wildman–Crippen MR) is 68.3 cm³/mol. The lowest BCUT2D eigenvalue weighted by atomic mass is 10.1. The first-order valence-electron chi connectivity index (χ1n) is 6.47. The predicted octanol–water partition coefficient (Wildman–Crippen LogP) is -0.361. The van der Waals surface area contributed by atoms with Crippen molar-refractivity contribution in [1.29, 1.82) is 0 Å². The topological polar surface area (TPSA) is 124 Å². The number of rotatable bonds is 10. The number of nitrogens with two attached hydrogens (primary N) is 1. The lowest BCUT2D eigenvalue weighted by Crippen LogP contribution is -2.49. The van der Waals surface area contributed by atoms with E-state index >= 15 is 0 Å². The molecule has 0 fully saturated rings. The highest BCUT2D eigenvalue weighted by molar-refractivity contribution is 5.76. The van der Waals surface area contributed by atoms with Gasteiger partial charge in [0.15, 0.2) is 0 Å². The van der Waals surface area contributed by atoms with Crippen molar-refractivity contribution < 1.29 is 24.9 Å². The Bertz CT molecular complexity index is 288. The zero-order valence-corrected chi connectivity index (χ0v) is 11.3. The number of nitrogens with zero attached hydrogens (tertiary/aromatic N) is 1. The minimum Gasteiger partial charge on any atom is -0.370 e. The van der Waals surface area contributed by atoms with Crippen LogP contribution in [-0.4, -0.2) is 45.2 Å². The highest BCUT2D eigenvalue weighted by Crippen LogP contribution is 2.11. The van der Waals surface area contributed by atoms with Crippen LogP contribution in [0.25, 0.3) is 0 Å². The van der Waals surface area contributed by atoms with Gasteiger partial charge in [-0.15, -0.1) is 0 Å². The van der Waals surface area contributed by atoms with Gasteiger partial charge >= 0.3 is 6.10 Å². The van der Waals surface area contributed by atoms with Crippen LogP contribution in [0.3, 0.4) is 0 Å². The molecule has 112 valence electrons. The molecule has 7 nitrogen and oxygen atoms in total. The fraction of sp³-hybridized carbons (Fsp3) is 0.833. The largest absolute Gasteiger partial charge is 0.371 e. The summed E-state index contributed by atoms with van der Waals surface area (Å²) in [5, 5.41) is 26.3. The molecule has 0 atom stereocenters. The van der Waals surface area contributed by atoms with Gasteiger partial charge in [0.05, 0.1) is 0 Å². The van der Waals surface area contributed by atoms with E-state index < -0.39 is 12.0 Å². The number of hydrogen-bond donors (Lipinski definition) is 4. The third-order valence-electron chi connectivity index (χ3n) is 2.89. The van der Waals surface area contributed by atoms with E-state index in [1.165, 1.54) is 0 Å². The molecule has 5 N–H and O–H groups in total. The Labute approximate surface area is 113 Å². The molecule has 0 aliphatic rings. The smallest absolute Gasteiger partial charge is 0.370 e. The van der Waals surface area contributed by atoms with E-state index in [-0.39, 0.29) is 12.3 Å². The SMILES string of the molecule is CN(C(=O)CCCCCCCCC(N)=O)C(O)(O)O. The first kappa shape index (κ1) is 17.8. The standard InChI is InChI=1S/C12H24N2O5/c1-14(12(17,18)19)11(16)9-7-5-3-2-4-6-8-10(13)15/h17-19H,2-9H2,1H3,(H2,13,15). The zero-order chi connectivity index (χ0) is 14.9. The Morgan fingerprint density at radius 1 is 0.947 bits per heavy atom. The number of aliphatic hydroxyl groups is 3. The molecule has 0 rings (SSSR count). The van der Waals surface area contributed by atoms with Crippen molar-refractivity contribution in [3.8, 4) is 0 Å². The minimum absolute atomic E-state index is 0.154. The van der Waals surface area contributed by atoms with Gasteiger partial charge in [0.25, 0.3) is 0 Å². The van der Waals surface area contributed by atoms with Crippen LogP contribution in [0.1, 0.15) is 51.4 Å². The molecule has 0 aromatic heterocycles. The van der Waals surface area contributed by atoms with Crippen molar-refractivity contribution in [2.75, 3.05) is 7.05 Å². The molecular weight excluding hydrogens is 252 g/mol. The van der Waals surface area contributed by atoms with E-state index in [0.717, 1.165) is 39.2 Å². The third-order valence-corrected chi connectivity index (χ3v) is 2.89. The van der Waals surface area contributed by atoms with Crippen molar-refractivity contribution in [2.24, 2.45) is 5.73 Å². The van der Waals surface area contributed by atoms with Crippen LogP contribution in [0.5, 0.6) is 0 Å². The molecule has 0 aromatic carbocycles. The molecule has 0 aromatic rings. The van der Waals surface area contributed by atoms with Gasteiger partial charge < -0.3 is 21.1 Å². The van der Waals surface area contributed by atoms with Crippen molar-refractivity contribution in [1.82, 2.24) is 4.90 Å². The summed E-state index contributed by atoms with van der Waals surface area (Å²) in [5.74, 6) is -0.810. The van der Waals surface area contributed by atoms with E-state index in [9.17, 15) is 9.59 Å². The molecule has 0 radical (unpaired) electrons. The van der Waals surface area contributed by atoms with Gasteiger partial charge in [0, 0.05) is 19.9 Å². The van der Waals surface area contributed by atoms with Crippen LogP contribution < -0.4 is 5.73 Å². The Kier molecular flexibility index (Phi) is 8.29. The summed E-state index contributed by atoms with van der Waals surface area (Å²) in [5.41, 5.74) is 5.01. The van der Waals surface area contributed by atoms with Crippen LogP contribution >= 0.6 is 0 Å². The molecule has 2 amide bonds. The van der Waals surface area contributed by atoms with Crippen molar-refractivity contribution in [3.05, 3.63) is 0 Å². The Hall–Kier alpha value is -1.18. The van der Waals surface area contributed by atoms with Gasteiger partial charge in [0.1, 0.15) is 0 Å². The quantitative estimate of drug-likeness (QED) is 0.320. The normalized spacial score (nSPS) is 11.4. The van der Waals surface area contributed by atoms with Gasteiger partial charge in [-0.3, -0.25) is 14.5 Å². The number of unbranched alkanes of at least 4 members (excludes halogenated alkanes) is 5. The van der Waals surface area contributed by atoms with Crippen LogP contribution in [-0.2, 0) is 9.59 Å². The van der Waals surface area contributed by atoms with E-state index in [2.05, 4.69) is 0 Å². The number of amides is 2. The molecule has 19 heavy (non-hydrogen) atoms. The maximum atomic E-state index is 11.4. The fourth-order valence-corrected chi connectivity index (χ4v) is 1.62. The van der Waals surface area contributed by atoms with Crippen LogP contribution in [0.2, 0.25) is 0 Å². The second-order valence-electron chi connectivity index (χ2n) is 4.64. The summed E-state index contributed by atoms with van der Waals surface area (Å²) >= 11 is 0. The summed E-state index contributed by atoms with van der Waals surface area (Å²) in [6, 6.07) is 0. The molecule has 0 heterocycles. The molecule has 0 aliphatic heterocycles. The highest BCUT2D eigenvalue weighted by atomic mass is 16.7. The minimum atomic E-state index is -3.09. The molecule has 0 saturated carbocycles. The summed E-state index contributed by atoms with van der Waals surface area (Å²) in [4.78, 5) is 22.4. The maximum Gasteiger partial charge on any atom is 0.371 e. The van der Waals surface area contributed by atoms with Gasteiger partial charge in [0.2, 0.25) is 11.8 Å². The maximum absolute atomic E-state index is 11.4. The van der Waals surface area contributed by atoms with E-state index in [1.807, 2.05) is 0 Å². The van der Waals surface area contributed by atoms with Gasteiger partial charge in [-0.2, -0.15) is 0 Å². The Morgan fingerprint density at radius 3 is 1.79 bits per heavy atom. The van der Waals surface area contributed by atoms with Crippen LogP contribution in [0, 0.1) is 0 Å². The zero-order valence-electron chi connectivity index (χ0n) is 11.3. The van der Waals surface area contributed by atoms with Crippen LogP contribution in [0.15, 0.2) is 0 Å². The number of primary amides is 1. The van der Waals surface area contributed by atoms with Crippen LogP contribution in [0.4, 0.5) is 0 Å². The lowest BCUT2D eigenvalue weighted by molar-refractivity contribution is -0.377. The fourth-order valence-electron chi connectivity index (χ4n) is 1.62. The average molecular weight is 276 g/mol. The second-order valence-corrected chi connectivity index (χ2v) is 4.64. The number of carbonyl (C=O) groups excluding carboxylic acids is 2. The van der Waals surface area contributed by atoms with Crippen molar-refractivity contribution in [2.45, 2.75) is 57.5 Å². The summed E-state index contributed by atoms with van der Waals surface area (Å²) in [6.45, 7) is 0. The second kappa shape index (κ2) is 8.84. The van der Waals surface area contributed by atoms with Gasteiger partial charge in [-0.05, 0) is 12.8 Å². The molecule has 7 heteroatoms. The molecule has 0 aliphatic carbocycles. The lowest BCUT2D eigenvalue weighted by Gasteiger charge is -2.25. The summed E-state index contributed by atoms with van der Waals surface area (Å²) < 4.78 is 0. The Morgan fingerprint density at radius 2 is 1.37 bits per heavy atom. The monoisotopic (exact) mass is 276 g/mol. The Balaban J connectivity index is 3.49. The number of hydrogen-bond acceptors (Lipinski definition) is 5. The molecule has 0 saturated heterocycles. The first-order valence-corrected chi connectivity index (χ1v) is 6.47. The average Bonchev–Trinajstić information content (AvgIpc) is 2.29. The van der Waals surface area contributed by atoms with Crippen molar-refractivity contribution in [3.63, 3.8) is 0 Å². The van der Waals surface area contributed by atoms with Gasteiger partial charge in [-0.25, -0.2) is 0 Å². The van der Waals surface area contributed by atoms with Gasteiger partial charge in [-0.1, -0.05) is 25.7 Å². The van der Waals surface area contributed by atoms with E-state index in [1.54, 1.807) is 0 Å². The summed E-state index contributed by atoms with van der Waals surface area (Å²) in [7, 11) is 1.12. The molecular formula is C12H24N2O5.